The molecule has 0 aliphatic heterocycles. The first-order valence-electron chi connectivity index (χ1n) is 6.07. The van der Waals surface area contributed by atoms with Crippen LogP contribution in [0.15, 0.2) is 36.5 Å². The van der Waals surface area contributed by atoms with E-state index < -0.39 is 24.9 Å². The summed E-state index contributed by atoms with van der Waals surface area (Å²) in [5.74, 6) is 0. The summed E-state index contributed by atoms with van der Waals surface area (Å²) in [6.07, 6.45) is -2.86. The highest BCUT2D eigenvalue weighted by atomic mass is 32.1. The number of hydrogen-bond donors (Lipinski definition) is 5. The zero-order valence-corrected chi connectivity index (χ0v) is 11.4. The van der Waals surface area contributed by atoms with Crippen LogP contribution >= 0.6 is 12.2 Å². The fourth-order valence-electron chi connectivity index (χ4n) is 1.94. The van der Waals surface area contributed by atoms with Gasteiger partial charge in [0.15, 0.2) is 4.77 Å². The Morgan fingerprint density at radius 1 is 1.15 bits per heavy atom. The van der Waals surface area contributed by atoms with Crippen molar-refractivity contribution in [3.05, 3.63) is 47.0 Å². The summed E-state index contributed by atoms with van der Waals surface area (Å²) in [6.45, 7) is -0.644. The van der Waals surface area contributed by atoms with Crippen molar-refractivity contribution >= 4 is 12.2 Å². The van der Waals surface area contributed by atoms with E-state index in [9.17, 15) is 15.3 Å². The molecule has 6 nitrogen and oxygen atoms in total. The monoisotopic (exact) mass is 296 g/mol. The number of nitrogens with one attached hydrogen (secondary N) is 1. The van der Waals surface area contributed by atoms with E-state index in [1.807, 2.05) is 18.2 Å². The Labute approximate surface area is 120 Å². The quantitative estimate of drug-likeness (QED) is 0.510. The molecule has 1 heterocycles. The van der Waals surface area contributed by atoms with Crippen molar-refractivity contribution in [1.82, 2.24) is 9.55 Å². The highest BCUT2D eigenvalue weighted by molar-refractivity contribution is 7.71. The molecule has 0 radical (unpaired) electrons. The van der Waals surface area contributed by atoms with Gasteiger partial charge in [0.25, 0.3) is 0 Å². The van der Waals surface area contributed by atoms with Crippen LogP contribution in [-0.4, -0.2) is 48.8 Å². The molecule has 1 aromatic heterocycles. The highest BCUT2D eigenvalue weighted by Crippen LogP contribution is 2.22. The number of aliphatic hydroxyl groups excluding tert-OH is 4. The molecule has 0 aliphatic rings. The van der Waals surface area contributed by atoms with Gasteiger partial charge in [-0.1, -0.05) is 18.2 Å². The van der Waals surface area contributed by atoms with E-state index in [4.69, 9.17) is 17.3 Å². The average molecular weight is 296 g/mol. The van der Waals surface area contributed by atoms with Crippen molar-refractivity contribution in [1.29, 1.82) is 0 Å². The second-order valence-corrected chi connectivity index (χ2v) is 4.76. The van der Waals surface area contributed by atoms with Crippen LogP contribution in [0.5, 0.6) is 0 Å². The van der Waals surface area contributed by atoms with Crippen LogP contribution in [0.4, 0.5) is 0 Å². The molecule has 1 aromatic carbocycles. The number of aromatic amines is 1. The van der Waals surface area contributed by atoms with Gasteiger partial charge in [0.2, 0.25) is 0 Å². The van der Waals surface area contributed by atoms with Crippen molar-refractivity contribution in [3.8, 4) is 5.69 Å². The van der Waals surface area contributed by atoms with E-state index >= 15 is 0 Å². The Morgan fingerprint density at radius 2 is 1.80 bits per heavy atom. The SMILES string of the molecule is OC[C@@H](O)[C@@H](O)[C@H](O)c1c[nH]c(=S)n1-c1ccccc1. The molecule has 3 atom stereocenters. The Balaban J connectivity index is 2.42. The topological polar surface area (TPSA) is 102 Å². The summed E-state index contributed by atoms with van der Waals surface area (Å²) in [6, 6.07) is 9.09. The second kappa shape index (κ2) is 6.29. The van der Waals surface area contributed by atoms with Gasteiger partial charge >= 0.3 is 0 Å². The minimum atomic E-state index is -1.51. The molecule has 20 heavy (non-hydrogen) atoms. The summed E-state index contributed by atoms with van der Waals surface area (Å²) in [7, 11) is 0. The smallest absolute Gasteiger partial charge is 0.182 e. The molecule has 0 spiro atoms. The first kappa shape index (κ1) is 14.9. The number of benzene rings is 1. The Hall–Kier alpha value is -1.51. The zero-order chi connectivity index (χ0) is 14.7. The van der Waals surface area contributed by atoms with Crippen LogP contribution in [0.1, 0.15) is 11.8 Å². The van der Waals surface area contributed by atoms with Crippen LogP contribution in [0.25, 0.3) is 5.69 Å². The summed E-state index contributed by atoms with van der Waals surface area (Å²) >= 11 is 5.16. The maximum absolute atomic E-state index is 10.1. The standard InChI is InChI=1S/C13H16N2O4S/c16-7-10(17)12(19)11(18)9-6-14-13(20)15(9)8-4-2-1-3-5-8/h1-6,10-12,16-19H,7H2,(H,14,20)/t10-,11-,12-/m1/s1. The third kappa shape index (κ3) is 2.82. The maximum Gasteiger partial charge on any atom is 0.182 e. The number of aromatic nitrogens is 2. The van der Waals surface area contributed by atoms with Gasteiger partial charge in [-0.15, -0.1) is 0 Å². The van der Waals surface area contributed by atoms with E-state index in [2.05, 4.69) is 4.98 Å². The van der Waals surface area contributed by atoms with Gasteiger partial charge < -0.3 is 25.4 Å². The highest BCUT2D eigenvalue weighted by Gasteiger charge is 2.28. The average Bonchev–Trinajstić information content (AvgIpc) is 2.87. The Bertz CT molecular complexity index is 610. The lowest BCUT2D eigenvalue weighted by molar-refractivity contribution is -0.0794. The van der Waals surface area contributed by atoms with E-state index in [0.717, 1.165) is 5.69 Å². The van der Waals surface area contributed by atoms with E-state index in [1.165, 1.54) is 6.20 Å². The lowest BCUT2D eigenvalue weighted by Crippen LogP contribution is -2.35. The molecule has 0 fully saturated rings. The van der Waals surface area contributed by atoms with Gasteiger partial charge in [-0.2, -0.15) is 0 Å². The first-order chi connectivity index (χ1) is 9.56. The molecule has 5 N–H and O–H groups in total. The lowest BCUT2D eigenvalue weighted by Gasteiger charge is -2.22. The summed E-state index contributed by atoms with van der Waals surface area (Å²) in [5, 5.41) is 38.2. The molecule has 0 amide bonds. The van der Waals surface area contributed by atoms with Gasteiger partial charge in [-0.05, 0) is 24.4 Å². The van der Waals surface area contributed by atoms with Gasteiger partial charge in [-0.25, -0.2) is 0 Å². The van der Waals surface area contributed by atoms with E-state index in [1.54, 1.807) is 16.7 Å². The molecule has 0 bridgehead atoms. The normalized spacial score (nSPS) is 15.8. The van der Waals surface area contributed by atoms with Crippen LogP contribution < -0.4 is 0 Å². The van der Waals surface area contributed by atoms with Crippen LogP contribution in [0.3, 0.4) is 0 Å². The van der Waals surface area contributed by atoms with Crippen molar-refractivity contribution in [2.45, 2.75) is 18.3 Å². The van der Waals surface area contributed by atoms with Crippen LogP contribution in [0, 0.1) is 4.77 Å². The minimum absolute atomic E-state index is 0.307. The molecule has 0 aliphatic carbocycles. The third-order valence-electron chi connectivity index (χ3n) is 3.03. The van der Waals surface area contributed by atoms with Gasteiger partial charge in [0.1, 0.15) is 18.3 Å². The number of aliphatic hydroxyl groups is 4. The van der Waals surface area contributed by atoms with Crippen molar-refractivity contribution in [2.24, 2.45) is 0 Å². The number of hydrogen-bond acceptors (Lipinski definition) is 5. The number of imidazole rings is 1. The van der Waals surface area contributed by atoms with Gasteiger partial charge in [0.05, 0.1) is 12.3 Å². The molecule has 0 unspecified atom stereocenters. The molecule has 2 aromatic rings. The van der Waals surface area contributed by atoms with Gasteiger partial charge in [-0.3, -0.25) is 4.57 Å². The molecule has 108 valence electrons. The predicted molar refractivity (Wildman–Crippen MR) is 75.0 cm³/mol. The van der Waals surface area contributed by atoms with E-state index in [-0.39, 0.29) is 0 Å². The summed E-state index contributed by atoms with van der Waals surface area (Å²) in [4.78, 5) is 2.79. The molecule has 0 saturated carbocycles. The van der Waals surface area contributed by atoms with Crippen LogP contribution in [0.2, 0.25) is 0 Å². The molecule has 7 heteroatoms. The number of nitrogens with zero attached hydrogens (tertiary/aromatic N) is 1. The summed E-state index contributed by atoms with van der Waals surface area (Å²) < 4.78 is 1.92. The fourth-order valence-corrected chi connectivity index (χ4v) is 2.21. The molecular formula is C13H16N2O4S. The third-order valence-corrected chi connectivity index (χ3v) is 3.33. The summed E-state index contributed by atoms with van der Waals surface area (Å²) in [5.41, 5.74) is 1.03. The van der Waals surface area contributed by atoms with Crippen molar-refractivity contribution < 1.29 is 20.4 Å². The largest absolute Gasteiger partial charge is 0.394 e. The number of para-hydroxylation sites is 1. The first-order valence-corrected chi connectivity index (χ1v) is 6.48. The molecule has 2 rings (SSSR count). The predicted octanol–water partition coefficient (Wildman–Crippen LogP) is 0.282. The Kier molecular flexibility index (Phi) is 4.69. The zero-order valence-electron chi connectivity index (χ0n) is 10.5. The second-order valence-electron chi connectivity index (χ2n) is 4.38. The van der Waals surface area contributed by atoms with Crippen molar-refractivity contribution in [3.63, 3.8) is 0 Å². The maximum atomic E-state index is 10.1. The Morgan fingerprint density at radius 3 is 2.40 bits per heavy atom. The number of rotatable bonds is 5. The fraction of sp³-hybridized carbons (Fsp3) is 0.308. The number of H-pyrrole nitrogens is 1. The van der Waals surface area contributed by atoms with Crippen molar-refractivity contribution in [2.75, 3.05) is 6.61 Å². The van der Waals surface area contributed by atoms with Gasteiger partial charge in [0, 0.05) is 11.9 Å². The van der Waals surface area contributed by atoms with Crippen LogP contribution in [-0.2, 0) is 0 Å². The molecular weight excluding hydrogens is 280 g/mol. The minimum Gasteiger partial charge on any atom is -0.394 e. The van der Waals surface area contributed by atoms with E-state index in [0.29, 0.717) is 10.5 Å². The molecule has 0 saturated heterocycles. The lowest BCUT2D eigenvalue weighted by atomic mass is 10.1.